The fourth-order valence-electron chi connectivity index (χ4n) is 3.22. The number of anilines is 2. The lowest BCUT2D eigenvalue weighted by molar-refractivity contribution is -0.137. The molecule has 2 amide bonds. The highest BCUT2D eigenvalue weighted by Crippen LogP contribution is 2.35. The molecule has 1 saturated heterocycles. The van der Waals surface area contributed by atoms with Crippen molar-refractivity contribution < 1.29 is 22.8 Å². The maximum absolute atomic E-state index is 13.1. The maximum atomic E-state index is 13.1. The van der Waals surface area contributed by atoms with Crippen LogP contribution in [0.3, 0.4) is 0 Å². The van der Waals surface area contributed by atoms with Gasteiger partial charge in [0.25, 0.3) is 0 Å². The molecule has 1 aliphatic rings. The van der Waals surface area contributed by atoms with Gasteiger partial charge in [0.05, 0.1) is 17.2 Å². The molecule has 0 radical (unpaired) electrons. The summed E-state index contributed by atoms with van der Waals surface area (Å²) in [6.45, 7) is 3.96. The number of aryl methyl sites for hydroxylation is 1. The molecule has 0 saturated carbocycles. The Labute approximate surface area is 155 Å². The van der Waals surface area contributed by atoms with Crippen LogP contribution in [0.4, 0.5) is 24.5 Å². The molecule has 7 heteroatoms. The molecule has 0 bridgehead atoms. The minimum absolute atomic E-state index is 0.0343. The van der Waals surface area contributed by atoms with Crippen LogP contribution in [0.1, 0.15) is 23.1 Å². The number of carbonyl (C=O) groups is 2. The van der Waals surface area contributed by atoms with Gasteiger partial charge >= 0.3 is 6.18 Å². The van der Waals surface area contributed by atoms with Gasteiger partial charge in [0.15, 0.2) is 0 Å². The first-order valence-electron chi connectivity index (χ1n) is 8.52. The van der Waals surface area contributed by atoms with Crippen molar-refractivity contribution in [2.24, 2.45) is 5.92 Å². The lowest BCUT2D eigenvalue weighted by Crippen LogP contribution is -2.29. The standard InChI is InChI=1S/C20H19F3N2O2/c1-12-6-5-9-17(13(12)2)25-11-14(10-18(25)26)19(27)24-16-8-4-3-7-15(16)20(21,22)23/h3-9,14H,10-11H2,1-2H3,(H,24,27)/t14-/m1/s1. The molecular formula is C20H19F3N2O2. The zero-order chi connectivity index (χ0) is 19.8. The quantitative estimate of drug-likeness (QED) is 0.868. The smallest absolute Gasteiger partial charge is 0.325 e. The highest BCUT2D eigenvalue weighted by Gasteiger charge is 2.38. The minimum Gasteiger partial charge on any atom is -0.325 e. The minimum atomic E-state index is -4.57. The van der Waals surface area contributed by atoms with Crippen LogP contribution in [-0.2, 0) is 15.8 Å². The molecular weight excluding hydrogens is 357 g/mol. The lowest BCUT2D eigenvalue weighted by atomic mass is 10.1. The summed E-state index contributed by atoms with van der Waals surface area (Å²) in [7, 11) is 0. The second-order valence-electron chi connectivity index (χ2n) is 6.66. The fraction of sp³-hybridized carbons (Fsp3) is 0.300. The van der Waals surface area contributed by atoms with Crippen molar-refractivity contribution in [3.63, 3.8) is 0 Å². The zero-order valence-corrected chi connectivity index (χ0v) is 14.9. The average Bonchev–Trinajstić information content (AvgIpc) is 2.99. The SMILES string of the molecule is Cc1cccc(N2C[C@H](C(=O)Nc3ccccc3C(F)(F)F)CC2=O)c1C. The van der Waals surface area contributed by atoms with E-state index in [1.165, 1.54) is 23.1 Å². The van der Waals surface area contributed by atoms with Gasteiger partial charge in [-0.15, -0.1) is 0 Å². The number of para-hydroxylation sites is 1. The van der Waals surface area contributed by atoms with Crippen molar-refractivity contribution in [2.45, 2.75) is 26.4 Å². The Morgan fingerprint density at radius 1 is 1.11 bits per heavy atom. The summed E-state index contributed by atoms with van der Waals surface area (Å²) >= 11 is 0. The van der Waals surface area contributed by atoms with Gasteiger partial charge in [-0.2, -0.15) is 13.2 Å². The van der Waals surface area contributed by atoms with E-state index in [-0.39, 0.29) is 24.6 Å². The molecule has 4 nitrogen and oxygen atoms in total. The van der Waals surface area contributed by atoms with Gasteiger partial charge in [-0.3, -0.25) is 9.59 Å². The molecule has 1 fully saturated rings. The third-order valence-electron chi connectivity index (χ3n) is 4.85. The molecule has 2 aromatic carbocycles. The van der Waals surface area contributed by atoms with Gasteiger partial charge in [-0.05, 0) is 43.2 Å². The van der Waals surface area contributed by atoms with Gasteiger partial charge in [0.2, 0.25) is 11.8 Å². The van der Waals surface area contributed by atoms with Crippen LogP contribution in [0.5, 0.6) is 0 Å². The Bertz CT molecular complexity index is 893. The van der Waals surface area contributed by atoms with Crippen LogP contribution in [0, 0.1) is 19.8 Å². The number of nitrogens with one attached hydrogen (secondary N) is 1. The summed E-state index contributed by atoms with van der Waals surface area (Å²) < 4.78 is 39.3. The Morgan fingerprint density at radius 2 is 1.81 bits per heavy atom. The molecule has 0 unspecified atom stereocenters. The van der Waals surface area contributed by atoms with Crippen molar-refractivity contribution in [2.75, 3.05) is 16.8 Å². The van der Waals surface area contributed by atoms with Crippen molar-refractivity contribution in [3.05, 3.63) is 59.2 Å². The predicted octanol–water partition coefficient (Wildman–Crippen LogP) is 4.31. The molecule has 0 aliphatic carbocycles. The number of alkyl halides is 3. The number of hydrogen-bond donors (Lipinski definition) is 1. The van der Waals surface area contributed by atoms with Crippen LogP contribution in [0.15, 0.2) is 42.5 Å². The van der Waals surface area contributed by atoms with Crippen LogP contribution in [0.25, 0.3) is 0 Å². The van der Waals surface area contributed by atoms with E-state index in [1.807, 2.05) is 26.0 Å². The topological polar surface area (TPSA) is 49.4 Å². The summed E-state index contributed by atoms with van der Waals surface area (Å²) in [6, 6.07) is 10.4. The second kappa shape index (κ2) is 7.06. The molecule has 2 aromatic rings. The molecule has 1 aliphatic heterocycles. The summed E-state index contributed by atoms with van der Waals surface area (Å²) in [5, 5.41) is 2.34. The third kappa shape index (κ3) is 3.82. The molecule has 1 atom stereocenters. The number of rotatable bonds is 3. The van der Waals surface area contributed by atoms with Gasteiger partial charge in [-0.1, -0.05) is 24.3 Å². The number of carbonyl (C=O) groups excluding carboxylic acids is 2. The summed E-state index contributed by atoms with van der Waals surface area (Å²) in [6.07, 6.45) is -4.60. The van der Waals surface area contributed by atoms with Gasteiger partial charge < -0.3 is 10.2 Å². The van der Waals surface area contributed by atoms with Gasteiger partial charge in [0.1, 0.15) is 0 Å². The number of halogens is 3. The number of amides is 2. The summed E-state index contributed by atoms with van der Waals surface area (Å²) in [5.74, 6) is -1.51. The monoisotopic (exact) mass is 376 g/mol. The van der Waals surface area contributed by atoms with Crippen LogP contribution in [-0.4, -0.2) is 18.4 Å². The highest BCUT2D eigenvalue weighted by molar-refractivity contribution is 6.04. The van der Waals surface area contributed by atoms with E-state index in [1.54, 1.807) is 6.07 Å². The van der Waals surface area contributed by atoms with Gasteiger partial charge in [-0.25, -0.2) is 0 Å². The third-order valence-corrected chi connectivity index (χ3v) is 4.85. The highest BCUT2D eigenvalue weighted by atomic mass is 19.4. The van der Waals surface area contributed by atoms with Gasteiger partial charge in [0, 0.05) is 18.7 Å². The van der Waals surface area contributed by atoms with Crippen molar-refractivity contribution in [3.8, 4) is 0 Å². The molecule has 1 heterocycles. The normalized spacial score (nSPS) is 17.3. The van der Waals surface area contributed by atoms with E-state index in [9.17, 15) is 22.8 Å². The second-order valence-corrected chi connectivity index (χ2v) is 6.66. The van der Waals surface area contributed by atoms with E-state index in [0.29, 0.717) is 0 Å². The van der Waals surface area contributed by atoms with Crippen LogP contribution < -0.4 is 10.2 Å². The van der Waals surface area contributed by atoms with Crippen molar-refractivity contribution in [1.29, 1.82) is 0 Å². The summed E-state index contributed by atoms with van der Waals surface area (Å²) in [5.41, 5.74) is 1.48. The zero-order valence-electron chi connectivity index (χ0n) is 14.9. The van der Waals surface area contributed by atoms with Crippen LogP contribution in [0.2, 0.25) is 0 Å². The molecule has 0 aromatic heterocycles. The number of nitrogens with zero attached hydrogens (tertiary/aromatic N) is 1. The largest absolute Gasteiger partial charge is 0.418 e. The maximum Gasteiger partial charge on any atom is 0.418 e. The Hall–Kier alpha value is -2.83. The first-order valence-corrected chi connectivity index (χ1v) is 8.52. The van der Waals surface area contributed by atoms with E-state index in [2.05, 4.69) is 5.32 Å². The average molecular weight is 376 g/mol. The lowest BCUT2D eigenvalue weighted by Gasteiger charge is -2.20. The number of hydrogen-bond acceptors (Lipinski definition) is 2. The fourth-order valence-corrected chi connectivity index (χ4v) is 3.22. The molecule has 27 heavy (non-hydrogen) atoms. The Balaban J connectivity index is 1.78. The first-order chi connectivity index (χ1) is 12.7. The van der Waals surface area contributed by atoms with E-state index >= 15 is 0 Å². The molecule has 1 N–H and O–H groups in total. The Kier molecular flexibility index (Phi) is 4.95. The van der Waals surface area contributed by atoms with E-state index in [0.717, 1.165) is 22.9 Å². The van der Waals surface area contributed by atoms with E-state index < -0.39 is 23.6 Å². The van der Waals surface area contributed by atoms with E-state index in [4.69, 9.17) is 0 Å². The molecule has 0 spiro atoms. The van der Waals surface area contributed by atoms with Crippen molar-refractivity contribution >= 4 is 23.2 Å². The first kappa shape index (κ1) is 18.9. The molecule has 142 valence electrons. The number of benzene rings is 2. The van der Waals surface area contributed by atoms with Crippen LogP contribution >= 0.6 is 0 Å². The predicted molar refractivity (Wildman–Crippen MR) is 96.4 cm³/mol. The van der Waals surface area contributed by atoms with Crippen molar-refractivity contribution in [1.82, 2.24) is 0 Å². The molecule has 3 rings (SSSR count). The Morgan fingerprint density at radius 3 is 2.52 bits per heavy atom. The summed E-state index contributed by atoms with van der Waals surface area (Å²) in [4.78, 5) is 26.4.